The number of hydrogen-bond acceptors (Lipinski definition) is 3. The van der Waals surface area contributed by atoms with Crippen LogP contribution in [-0.4, -0.2) is 13.3 Å². The second-order valence-electron chi connectivity index (χ2n) is 4.01. The van der Waals surface area contributed by atoms with Crippen LogP contribution in [0.4, 0.5) is 13.2 Å². The highest BCUT2D eigenvalue weighted by molar-refractivity contribution is 5.38. The zero-order valence-electron chi connectivity index (χ0n) is 10.1. The summed E-state index contributed by atoms with van der Waals surface area (Å²) in [6, 6.07) is 7.96. The maximum Gasteiger partial charge on any atom is 0.417 e. The van der Waals surface area contributed by atoms with Crippen LogP contribution in [0, 0.1) is 0 Å². The second kappa shape index (κ2) is 4.62. The van der Waals surface area contributed by atoms with Crippen molar-refractivity contribution in [3.63, 3.8) is 0 Å². The Morgan fingerprint density at radius 3 is 2.16 bits per heavy atom. The molecule has 0 fully saturated rings. The van der Waals surface area contributed by atoms with Gasteiger partial charge in [0.2, 0.25) is 0 Å². The van der Waals surface area contributed by atoms with Crippen molar-refractivity contribution in [2.45, 2.75) is 11.7 Å². The molecule has 1 unspecified atom stereocenters. The molecule has 2 aromatic rings. The van der Waals surface area contributed by atoms with Crippen LogP contribution in [-0.2, 0) is 5.54 Å². The van der Waals surface area contributed by atoms with Gasteiger partial charge in [-0.3, -0.25) is 0 Å². The monoisotopic (exact) mass is 271 g/mol. The van der Waals surface area contributed by atoms with E-state index in [0.29, 0.717) is 5.75 Å². The van der Waals surface area contributed by atoms with Crippen molar-refractivity contribution in [2.24, 2.45) is 5.73 Å². The highest BCUT2D eigenvalue weighted by Gasteiger charge is 2.56. The average molecular weight is 271 g/mol. The summed E-state index contributed by atoms with van der Waals surface area (Å²) in [6.07, 6.45) is -3.52. The standard InChI is InChI=1S/C13H12F3NO2/c1-18-10-6-4-9(5-7-10)12(17,13(14,15)16)11-3-2-8-19-11/h2-8H,17H2,1H3. The molecule has 3 nitrogen and oxygen atoms in total. The van der Waals surface area contributed by atoms with E-state index in [-0.39, 0.29) is 11.3 Å². The minimum absolute atomic E-state index is 0.115. The normalized spacial score (nSPS) is 15.0. The molecule has 19 heavy (non-hydrogen) atoms. The fraction of sp³-hybridized carbons (Fsp3) is 0.231. The minimum atomic E-state index is -4.68. The van der Waals surface area contributed by atoms with Crippen molar-refractivity contribution in [1.82, 2.24) is 0 Å². The van der Waals surface area contributed by atoms with Crippen LogP contribution in [0.2, 0.25) is 0 Å². The summed E-state index contributed by atoms with van der Waals surface area (Å²) < 4.78 is 49.7. The molecular weight excluding hydrogens is 259 g/mol. The predicted molar refractivity (Wildman–Crippen MR) is 62.7 cm³/mol. The summed E-state index contributed by atoms with van der Waals surface area (Å²) in [6.45, 7) is 0. The molecule has 0 amide bonds. The lowest BCUT2D eigenvalue weighted by Crippen LogP contribution is -2.51. The van der Waals surface area contributed by atoms with E-state index in [0.717, 1.165) is 6.26 Å². The molecule has 6 heteroatoms. The van der Waals surface area contributed by atoms with E-state index in [1.54, 1.807) is 0 Å². The van der Waals surface area contributed by atoms with Crippen LogP contribution < -0.4 is 10.5 Å². The number of alkyl halides is 3. The summed E-state index contributed by atoms with van der Waals surface area (Å²) in [7, 11) is 1.43. The van der Waals surface area contributed by atoms with Crippen LogP contribution in [0.1, 0.15) is 11.3 Å². The molecule has 0 aliphatic heterocycles. The van der Waals surface area contributed by atoms with E-state index in [4.69, 9.17) is 14.9 Å². The summed E-state index contributed by atoms with van der Waals surface area (Å²) in [5.74, 6) is 0.0953. The van der Waals surface area contributed by atoms with E-state index in [9.17, 15) is 13.2 Å². The number of furan rings is 1. The smallest absolute Gasteiger partial charge is 0.417 e. The van der Waals surface area contributed by atoms with Crippen molar-refractivity contribution in [3.05, 3.63) is 54.0 Å². The van der Waals surface area contributed by atoms with Crippen LogP contribution in [0.25, 0.3) is 0 Å². The Bertz CT molecular complexity index is 534. The second-order valence-corrected chi connectivity index (χ2v) is 4.01. The first kappa shape index (κ1) is 13.5. The summed E-state index contributed by atoms with van der Waals surface area (Å²) in [5, 5.41) is 0. The Labute approximate surface area is 107 Å². The zero-order valence-corrected chi connectivity index (χ0v) is 10.1. The van der Waals surface area contributed by atoms with E-state index < -0.39 is 11.7 Å². The molecule has 2 N–H and O–H groups in total. The lowest BCUT2D eigenvalue weighted by molar-refractivity contribution is -0.181. The van der Waals surface area contributed by atoms with Crippen molar-refractivity contribution in [2.75, 3.05) is 7.11 Å². The molecule has 1 aromatic carbocycles. The molecule has 0 bridgehead atoms. The lowest BCUT2D eigenvalue weighted by Gasteiger charge is -2.30. The van der Waals surface area contributed by atoms with Gasteiger partial charge in [-0.25, -0.2) is 0 Å². The Morgan fingerprint density at radius 1 is 1.11 bits per heavy atom. The van der Waals surface area contributed by atoms with Crippen molar-refractivity contribution in [3.8, 4) is 5.75 Å². The number of nitrogens with two attached hydrogens (primary N) is 1. The summed E-state index contributed by atoms with van der Waals surface area (Å²) in [4.78, 5) is 0. The molecule has 0 radical (unpaired) electrons. The maximum absolute atomic E-state index is 13.3. The van der Waals surface area contributed by atoms with Gasteiger partial charge in [-0.15, -0.1) is 0 Å². The van der Waals surface area contributed by atoms with E-state index >= 15 is 0 Å². The molecule has 0 aliphatic carbocycles. The molecule has 0 spiro atoms. The summed E-state index contributed by atoms with van der Waals surface area (Å²) in [5.41, 5.74) is 2.80. The lowest BCUT2D eigenvalue weighted by atomic mass is 9.87. The Hall–Kier alpha value is -1.95. The van der Waals surface area contributed by atoms with Crippen LogP contribution >= 0.6 is 0 Å². The SMILES string of the molecule is COc1ccc(C(N)(c2ccco2)C(F)(F)F)cc1. The van der Waals surface area contributed by atoms with Gasteiger partial charge in [0, 0.05) is 0 Å². The van der Waals surface area contributed by atoms with Gasteiger partial charge in [0.1, 0.15) is 11.5 Å². The van der Waals surface area contributed by atoms with Gasteiger partial charge in [0.05, 0.1) is 13.4 Å². The number of rotatable bonds is 3. The van der Waals surface area contributed by atoms with Crippen molar-refractivity contribution >= 4 is 0 Å². The highest BCUT2D eigenvalue weighted by Crippen LogP contribution is 2.42. The first-order chi connectivity index (χ1) is 8.89. The third kappa shape index (κ3) is 2.19. The fourth-order valence-corrected chi connectivity index (χ4v) is 1.80. The van der Waals surface area contributed by atoms with Crippen molar-refractivity contribution in [1.29, 1.82) is 0 Å². The Kier molecular flexibility index (Phi) is 3.28. The highest BCUT2D eigenvalue weighted by atomic mass is 19.4. The number of methoxy groups -OCH3 is 1. The largest absolute Gasteiger partial charge is 0.497 e. The quantitative estimate of drug-likeness (QED) is 0.933. The average Bonchev–Trinajstić information content (AvgIpc) is 2.90. The van der Waals surface area contributed by atoms with E-state index in [1.807, 2.05) is 0 Å². The number of ether oxygens (including phenoxy) is 1. The van der Waals surface area contributed by atoms with Crippen LogP contribution in [0.5, 0.6) is 5.75 Å². The summed E-state index contributed by atoms with van der Waals surface area (Å²) >= 11 is 0. The number of benzene rings is 1. The molecule has 0 saturated carbocycles. The Balaban J connectivity index is 2.55. The number of hydrogen-bond donors (Lipinski definition) is 1. The van der Waals surface area contributed by atoms with Gasteiger partial charge in [0.25, 0.3) is 0 Å². The molecule has 2 rings (SSSR count). The van der Waals surface area contributed by atoms with Gasteiger partial charge in [-0.1, -0.05) is 12.1 Å². The van der Waals surface area contributed by atoms with Gasteiger partial charge in [-0.2, -0.15) is 13.2 Å². The first-order valence-corrected chi connectivity index (χ1v) is 5.43. The molecule has 1 atom stereocenters. The molecule has 0 aliphatic rings. The van der Waals surface area contributed by atoms with Gasteiger partial charge in [-0.05, 0) is 29.8 Å². The van der Waals surface area contributed by atoms with E-state index in [1.165, 1.54) is 43.5 Å². The fourth-order valence-electron chi connectivity index (χ4n) is 1.80. The van der Waals surface area contributed by atoms with Crippen LogP contribution in [0.15, 0.2) is 47.1 Å². The Morgan fingerprint density at radius 2 is 1.74 bits per heavy atom. The molecule has 1 aromatic heterocycles. The molecule has 1 heterocycles. The van der Waals surface area contributed by atoms with E-state index in [2.05, 4.69) is 0 Å². The van der Waals surface area contributed by atoms with Gasteiger partial charge in [0.15, 0.2) is 5.54 Å². The molecule has 102 valence electrons. The maximum atomic E-state index is 13.3. The molecule has 0 saturated heterocycles. The number of halogens is 3. The topological polar surface area (TPSA) is 48.4 Å². The molecular formula is C13H12F3NO2. The third-order valence-electron chi connectivity index (χ3n) is 2.90. The van der Waals surface area contributed by atoms with Crippen LogP contribution in [0.3, 0.4) is 0 Å². The van der Waals surface area contributed by atoms with Gasteiger partial charge < -0.3 is 14.9 Å². The first-order valence-electron chi connectivity index (χ1n) is 5.43. The predicted octanol–water partition coefficient (Wildman–Crippen LogP) is 3.05. The zero-order chi connectivity index (χ0) is 14.1. The van der Waals surface area contributed by atoms with Crippen molar-refractivity contribution < 1.29 is 22.3 Å². The van der Waals surface area contributed by atoms with Gasteiger partial charge >= 0.3 is 6.18 Å². The third-order valence-corrected chi connectivity index (χ3v) is 2.90. The minimum Gasteiger partial charge on any atom is -0.497 e.